The van der Waals surface area contributed by atoms with Gasteiger partial charge in [-0.05, 0) is 26.2 Å². The van der Waals surface area contributed by atoms with Crippen molar-refractivity contribution in [2.75, 3.05) is 0 Å². The number of rotatable bonds is 4. The van der Waals surface area contributed by atoms with Gasteiger partial charge in [0, 0.05) is 6.04 Å². The molecule has 0 rings (SSSR count). The Kier molecular flexibility index (Phi) is 5.13. The molecule has 0 aromatic carbocycles. The van der Waals surface area contributed by atoms with Gasteiger partial charge in [-0.15, -0.1) is 0 Å². The number of carbonyl (C=O) groups excluding carboxylic acids is 1. The Morgan fingerprint density at radius 3 is 2.31 bits per heavy atom. The zero-order valence-electron chi connectivity index (χ0n) is 8.79. The fourth-order valence-corrected chi connectivity index (χ4v) is 1.19. The number of carbonyl (C=O) groups is 1. The molecular weight excluding hydrogens is 164 g/mol. The Labute approximate surface area is 80.1 Å². The molecule has 0 heterocycles. The molecule has 1 N–H and O–H groups in total. The van der Waals surface area contributed by atoms with E-state index in [1.807, 2.05) is 13.0 Å². The van der Waals surface area contributed by atoms with Gasteiger partial charge in [-0.2, -0.15) is 5.26 Å². The van der Waals surface area contributed by atoms with Crippen LogP contribution in [0, 0.1) is 23.2 Å². The van der Waals surface area contributed by atoms with E-state index in [9.17, 15) is 4.79 Å². The second-order valence-electron chi connectivity index (χ2n) is 3.89. The average molecular weight is 182 g/mol. The first-order chi connectivity index (χ1) is 5.97. The molecule has 13 heavy (non-hydrogen) atoms. The van der Waals surface area contributed by atoms with Crippen molar-refractivity contribution < 1.29 is 4.79 Å². The summed E-state index contributed by atoms with van der Waals surface area (Å²) in [7, 11) is 0. The summed E-state index contributed by atoms with van der Waals surface area (Å²) in [5.41, 5.74) is 0. The maximum atomic E-state index is 11.2. The van der Waals surface area contributed by atoms with Crippen LogP contribution in [0.2, 0.25) is 0 Å². The van der Waals surface area contributed by atoms with Gasteiger partial charge in [0.1, 0.15) is 5.92 Å². The lowest BCUT2D eigenvalue weighted by Gasteiger charge is -2.16. The molecule has 0 aliphatic heterocycles. The second kappa shape index (κ2) is 5.58. The first kappa shape index (κ1) is 12.0. The van der Waals surface area contributed by atoms with E-state index in [0.717, 1.165) is 6.42 Å². The third-order valence-corrected chi connectivity index (χ3v) is 1.80. The summed E-state index contributed by atoms with van der Waals surface area (Å²) < 4.78 is 0. The predicted molar refractivity (Wildman–Crippen MR) is 51.8 cm³/mol. The van der Waals surface area contributed by atoms with Gasteiger partial charge in [-0.3, -0.25) is 4.79 Å². The molecule has 0 aromatic heterocycles. The minimum Gasteiger partial charge on any atom is -0.353 e. The molecule has 0 spiro atoms. The minimum atomic E-state index is -0.547. The van der Waals surface area contributed by atoms with Gasteiger partial charge >= 0.3 is 0 Å². The highest BCUT2D eigenvalue weighted by Crippen LogP contribution is 2.04. The highest BCUT2D eigenvalue weighted by atomic mass is 16.1. The van der Waals surface area contributed by atoms with Gasteiger partial charge in [0.15, 0.2) is 0 Å². The van der Waals surface area contributed by atoms with Gasteiger partial charge in [0.25, 0.3) is 0 Å². The van der Waals surface area contributed by atoms with Gasteiger partial charge in [0.05, 0.1) is 6.07 Å². The SMILES string of the molecule is CC(C)CC(C)NC(=O)C(C)C#N. The molecule has 0 bridgehead atoms. The van der Waals surface area contributed by atoms with Crippen LogP contribution in [0.5, 0.6) is 0 Å². The van der Waals surface area contributed by atoms with E-state index in [4.69, 9.17) is 5.26 Å². The van der Waals surface area contributed by atoms with E-state index in [1.165, 1.54) is 0 Å². The molecular formula is C10H18N2O. The summed E-state index contributed by atoms with van der Waals surface area (Å²) in [5, 5.41) is 11.3. The van der Waals surface area contributed by atoms with Crippen molar-refractivity contribution in [1.82, 2.24) is 5.32 Å². The number of hydrogen-bond acceptors (Lipinski definition) is 2. The molecule has 0 aliphatic rings. The summed E-state index contributed by atoms with van der Waals surface area (Å²) in [6, 6.07) is 2.07. The third-order valence-electron chi connectivity index (χ3n) is 1.80. The third kappa shape index (κ3) is 5.24. The maximum Gasteiger partial charge on any atom is 0.237 e. The smallest absolute Gasteiger partial charge is 0.237 e. The standard InChI is InChI=1S/C10H18N2O/c1-7(2)5-9(4)12-10(13)8(3)6-11/h7-9H,5H2,1-4H3,(H,12,13). The van der Waals surface area contributed by atoms with E-state index in [0.29, 0.717) is 5.92 Å². The monoisotopic (exact) mass is 182 g/mol. The molecule has 3 nitrogen and oxygen atoms in total. The Hall–Kier alpha value is -1.04. The number of nitrogens with one attached hydrogen (secondary N) is 1. The van der Waals surface area contributed by atoms with Gasteiger partial charge in [-0.1, -0.05) is 13.8 Å². The molecule has 0 aliphatic carbocycles. The van der Waals surface area contributed by atoms with Crippen LogP contribution in [0.1, 0.15) is 34.1 Å². The van der Waals surface area contributed by atoms with Crippen molar-refractivity contribution in [3.63, 3.8) is 0 Å². The molecule has 2 unspecified atom stereocenters. The molecule has 3 heteroatoms. The van der Waals surface area contributed by atoms with Crippen LogP contribution in [-0.4, -0.2) is 11.9 Å². The van der Waals surface area contributed by atoms with Crippen molar-refractivity contribution in [3.05, 3.63) is 0 Å². The van der Waals surface area contributed by atoms with Gasteiger partial charge in [-0.25, -0.2) is 0 Å². The predicted octanol–water partition coefficient (Wildman–Crippen LogP) is 1.70. The van der Waals surface area contributed by atoms with Gasteiger partial charge < -0.3 is 5.32 Å². The van der Waals surface area contributed by atoms with E-state index in [1.54, 1.807) is 6.92 Å². The normalized spacial score (nSPS) is 14.8. The highest BCUT2D eigenvalue weighted by molar-refractivity contribution is 5.80. The molecule has 0 saturated heterocycles. The topological polar surface area (TPSA) is 52.9 Å². The molecule has 1 amide bonds. The first-order valence-electron chi connectivity index (χ1n) is 4.67. The molecule has 0 fully saturated rings. The minimum absolute atomic E-state index is 0.156. The van der Waals surface area contributed by atoms with Crippen LogP contribution in [0.15, 0.2) is 0 Å². The number of nitrogens with zero attached hydrogens (tertiary/aromatic N) is 1. The first-order valence-corrected chi connectivity index (χ1v) is 4.67. The van der Waals surface area contributed by atoms with Crippen LogP contribution in [0.25, 0.3) is 0 Å². The Morgan fingerprint density at radius 2 is 1.92 bits per heavy atom. The Balaban J connectivity index is 3.86. The maximum absolute atomic E-state index is 11.2. The molecule has 74 valence electrons. The Morgan fingerprint density at radius 1 is 1.38 bits per heavy atom. The van der Waals surface area contributed by atoms with Crippen molar-refractivity contribution in [2.45, 2.75) is 40.2 Å². The summed E-state index contributed by atoms with van der Waals surface area (Å²) in [6.07, 6.45) is 0.948. The second-order valence-corrected chi connectivity index (χ2v) is 3.89. The van der Waals surface area contributed by atoms with Crippen LogP contribution in [0.4, 0.5) is 0 Å². The van der Waals surface area contributed by atoms with Crippen LogP contribution >= 0.6 is 0 Å². The quantitative estimate of drug-likeness (QED) is 0.719. The lowest BCUT2D eigenvalue weighted by atomic mass is 10.0. The van der Waals surface area contributed by atoms with Crippen molar-refractivity contribution in [2.24, 2.45) is 11.8 Å². The fourth-order valence-electron chi connectivity index (χ4n) is 1.19. The summed E-state index contributed by atoms with van der Waals surface area (Å²) in [5.74, 6) is -0.155. The lowest BCUT2D eigenvalue weighted by molar-refractivity contribution is -0.123. The van der Waals surface area contributed by atoms with E-state index < -0.39 is 5.92 Å². The highest BCUT2D eigenvalue weighted by Gasteiger charge is 2.14. The van der Waals surface area contributed by atoms with E-state index >= 15 is 0 Å². The zero-order valence-corrected chi connectivity index (χ0v) is 8.79. The van der Waals surface area contributed by atoms with E-state index in [2.05, 4.69) is 19.2 Å². The van der Waals surface area contributed by atoms with Crippen LogP contribution < -0.4 is 5.32 Å². The number of hydrogen-bond donors (Lipinski definition) is 1. The molecule has 2 atom stereocenters. The van der Waals surface area contributed by atoms with Crippen LogP contribution in [0.3, 0.4) is 0 Å². The summed E-state index contributed by atoms with van der Waals surface area (Å²) >= 11 is 0. The molecule has 0 aromatic rings. The zero-order chi connectivity index (χ0) is 10.4. The van der Waals surface area contributed by atoms with E-state index in [-0.39, 0.29) is 11.9 Å². The Bertz CT molecular complexity index is 205. The van der Waals surface area contributed by atoms with Crippen molar-refractivity contribution >= 4 is 5.91 Å². The summed E-state index contributed by atoms with van der Waals surface area (Å²) in [6.45, 7) is 7.78. The average Bonchev–Trinajstić information content (AvgIpc) is 2.01. The lowest BCUT2D eigenvalue weighted by Crippen LogP contribution is -2.36. The van der Waals surface area contributed by atoms with Crippen LogP contribution in [-0.2, 0) is 4.79 Å². The number of amides is 1. The van der Waals surface area contributed by atoms with Crippen molar-refractivity contribution in [3.8, 4) is 6.07 Å². The number of nitriles is 1. The van der Waals surface area contributed by atoms with Crippen molar-refractivity contribution in [1.29, 1.82) is 5.26 Å². The molecule has 0 saturated carbocycles. The van der Waals surface area contributed by atoms with Gasteiger partial charge in [0.2, 0.25) is 5.91 Å². The summed E-state index contributed by atoms with van der Waals surface area (Å²) in [4.78, 5) is 11.2. The fraction of sp³-hybridized carbons (Fsp3) is 0.800. The largest absolute Gasteiger partial charge is 0.353 e. The molecule has 0 radical (unpaired) electrons.